The van der Waals surface area contributed by atoms with Crippen LogP contribution in [0.2, 0.25) is 0 Å². The fourth-order valence-corrected chi connectivity index (χ4v) is 3.80. The van der Waals surface area contributed by atoms with Crippen LogP contribution >= 0.6 is 0 Å². The fraction of sp³-hybridized carbons (Fsp3) is 0.250. The van der Waals surface area contributed by atoms with Crippen LogP contribution in [0.25, 0.3) is 33.4 Å². The van der Waals surface area contributed by atoms with E-state index in [1.54, 1.807) is 0 Å². The lowest BCUT2D eigenvalue weighted by Gasteiger charge is -2.12. The lowest BCUT2D eigenvalue weighted by Crippen LogP contribution is -2.09. The van der Waals surface area contributed by atoms with Gasteiger partial charge >= 0.3 is 5.97 Å². The molecule has 1 aromatic heterocycles. The molecule has 0 unspecified atom stereocenters. The number of hydrogen-bond acceptors (Lipinski definition) is 6. The number of aromatic nitrogens is 2. The topological polar surface area (TPSA) is 73.3 Å². The van der Waals surface area contributed by atoms with Gasteiger partial charge in [-0.25, -0.2) is 9.97 Å². The van der Waals surface area contributed by atoms with Crippen LogP contribution in [-0.2, 0) is 9.53 Å². The van der Waals surface area contributed by atoms with Crippen LogP contribution in [0.3, 0.4) is 0 Å². The molecule has 0 saturated heterocycles. The highest BCUT2D eigenvalue weighted by Gasteiger charge is 2.11. The molecule has 0 amide bonds. The van der Waals surface area contributed by atoms with Crippen LogP contribution in [0.15, 0.2) is 72.8 Å². The number of fused-ring (bicyclic) bond motifs is 1. The highest BCUT2D eigenvalue weighted by Crippen LogP contribution is 2.32. The number of esters is 1. The number of nitrogens with zero attached hydrogens (tertiary/aromatic N) is 2. The summed E-state index contributed by atoms with van der Waals surface area (Å²) < 4.78 is 10.8. The number of carbonyl (C=O) groups is 1. The van der Waals surface area contributed by atoms with Crippen molar-refractivity contribution in [3.8, 4) is 28.3 Å². The Morgan fingerprint density at radius 1 is 0.853 bits per heavy atom. The van der Waals surface area contributed by atoms with E-state index in [0.29, 0.717) is 38.4 Å². The maximum atomic E-state index is 11.6. The minimum absolute atomic E-state index is 0.177. The van der Waals surface area contributed by atoms with Gasteiger partial charge in [-0.1, -0.05) is 54.6 Å². The van der Waals surface area contributed by atoms with Crippen molar-refractivity contribution in [2.45, 2.75) is 26.7 Å². The molecule has 0 aliphatic heterocycles. The molecule has 34 heavy (non-hydrogen) atoms. The van der Waals surface area contributed by atoms with Crippen molar-refractivity contribution in [3.63, 3.8) is 0 Å². The monoisotopic (exact) mass is 455 g/mol. The van der Waals surface area contributed by atoms with E-state index >= 15 is 0 Å². The summed E-state index contributed by atoms with van der Waals surface area (Å²) in [4.78, 5) is 21.2. The molecule has 0 bridgehead atoms. The van der Waals surface area contributed by atoms with Crippen molar-refractivity contribution < 1.29 is 14.3 Å². The van der Waals surface area contributed by atoms with Crippen molar-refractivity contribution in [2.75, 3.05) is 25.1 Å². The third-order valence-electron chi connectivity index (χ3n) is 5.40. The minimum atomic E-state index is -0.177. The van der Waals surface area contributed by atoms with Gasteiger partial charge in [0.05, 0.1) is 18.7 Å². The highest BCUT2D eigenvalue weighted by molar-refractivity contribution is 5.90. The van der Waals surface area contributed by atoms with Crippen LogP contribution in [0, 0.1) is 0 Å². The lowest BCUT2D eigenvalue weighted by atomic mass is 10.0. The van der Waals surface area contributed by atoms with Crippen LogP contribution < -0.4 is 10.1 Å². The molecule has 6 nitrogen and oxygen atoms in total. The van der Waals surface area contributed by atoms with E-state index in [1.165, 1.54) is 0 Å². The third kappa shape index (κ3) is 5.52. The number of carbonyl (C=O) groups excluding carboxylic acids is 1. The van der Waals surface area contributed by atoms with Gasteiger partial charge in [-0.15, -0.1) is 0 Å². The molecule has 6 heteroatoms. The SMILES string of the molecule is CCOC(=O)CCCNc1nc(-c2ccc(-c3ccccc3OCC)cc2)nc2ccccc12. The van der Waals surface area contributed by atoms with E-state index in [1.807, 2.05) is 68.4 Å². The summed E-state index contributed by atoms with van der Waals surface area (Å²) in [5.74, 6) is 2.10. The molecule has 4 aromatic rings. The Bertz CT molecular complexity index is 1260. The lowest BCUT2D eigenvalue weighted by molar-refractivity contribution is -0.143. The summed E-state index contributed by atoms with van der Waals surface area (Å²) in [6.45, 7) is 5.44. The predicted molar refractivity (Wildman–Crippen MR) is 136 cm³/mol. The van der Waals surface area contributed by atoms with Gasteiger partial charge in [-0.3, -0.25) is 4.79 Å². The Morgan fingerprint density at radius 3 is 2.38 bits per heavy atom. The number of nitrogens with one attached hydrogen (secondary N) is 1. The number of para-hydroxylation sites is 2. The first kappa shape index (κ1) is 23.2. The number of anilines is 1. The van der Waals surface area contributed by atoms with Gasteiger partial charge in [0, 0.05) is 29.5 Å². The maximum absolute atomic E-state index is 11.6. The zero-order valence-electron chi connectivity index (χ0n) is 19.6. The van der Waals surface area contributed by atoms with E-state index in [0.717, 1.165) is 39.2 Å². The van der Waals surface area contributed by atoms with E-state index in [-0.39, 0.29) is 5.97 Å². The quantitative estimate of drug-likeness (QED) is 0.229. The van der Waals surface area contributed by atoms with Crippen LogP contribution in [0.4, 0.5) is 5.82 Å². The van der Waals surface area contributed by atoms with Crippen molar-refractivity contribution >= 4 is 22.7 Å². The first-order chi connectivity index (χ1) is 16.7. The average Bonchev–Trinajstić information content (AvgIpc) is 2.87. The van der Waals surface area contributed by atoms with Gasteiger partial charge in [0.25, 0.3) is 0 Å². The molecule has 3 aromatic carbocycles. The molecule has 0 fully saturated rings. The summed E-state index contributed by atoms with van der Waals surface area (Å²) in [7, 11) is 0. The molecule has 0 saturated carbocycles. The second-order valence-electron chi connectivity index (χ2n) is 7.75. The van der Waals surface area contributed by atoms with Crippen molar-refractivity contribution in [3.05, 3.63) is 72.8 Å². The molecule has 0 aliphatic carbocycles. The van der Waals surface area contributed by atoms with Crippen LogP contribution in [0.1, 0.15) is 26.7 Å². The molecule has 0 spiro atoms. The Labute approximate surface area is 200 Å². The van der Waals surface area contributed by atoms with Gasteiger partial charge < -0.3 is 14.8 Å². The van der Waals surface area contributed by atoms with Gasteiger partial charge in [-0.2, -0.15) is 0 Å². The van der Waals surface area contributed by atoms with Crippen LogP contribution in [-0.4, -0.2) is 35.7 Å². The first-order valence-corrected chi connectivity index (χ1v) is 11.7. The largest absolute Gasteiger partial charge is 0.493 e. The normalized spacial score (nSPS) is 10.8. The second-order valence-corrected chi connectivity index (χ2v) is 7.75. The Kier molecular flexibility index (Phi) is 7.71. The Balaban J connectivity index is 1.58. The second kappa shape index (κ2) is 11.3. The Morgan fingerprint density at radius 2 is 1.59 bits per heavy atom. The van der Waals surface area contributed by atoms with Crippen molar-refractivity contribution in [1.29, 1.82) is 0 Å². The number of ether oxygens (including phenoxy) is 2. The molecule has 1 heterocycles. The van der Waals surface area contributed by atoms with Crippen molar-refractivity contribution in [1.82, 2.24) is 9.97 Å². The molecule has 0 atom stereocenters. The molecule has 174 valence electrons. The molecule has 0 radical (unpaired) electrons. The molecule has 0 aliphatic rings. The first-order valence-electron chi connectivity index (χ1n) is 11.7. The summed E-state index contributed by atoms with van der Waals surface area (Å²) in [6.07, 6.45) is 1.04. The summed E-state index contributed by atoms with van der Waals surface area (Å²) in [6, 6.07) is 24.2. The smallest absolute Gasteiger partial charge is 0.305 e. The van der Waals surface area contributed by atoms with Crippen molar-refractivity contribution in [2.24, 2.45) is 0 Å². The number of rotatable bonds is 10. The molecular formula is C28H29N3O3. The van der Waals surface area contributed by atoms with Crippen LogP contribution in [0.5, 0.6) is 5.75 Å². The van der Waals surface area contributed by atoms with E-state index in [4.69, 9.17) is 19.4 Å². The molecule has 1 N–H and O–H groups in total. The maximum Gasteiger partial charge on any atom is 0.305 e. The Hall–Kier alpha value is -3.93. The predicted octanol–water partition coefficient (Wildman–Crippen LogP) is 6.12. The summed E-state index contributed by atoms with van der Waals surface area (Å²) in [5, 5.41) is 4.33. The average molecular weight is 456 g/mol. The van der Waals surface area contributed by atoms with E-state index < -0.39 is 0 Å². The third-order valence-corrected chi connectivity index (χ3v) is 5.40. The van der Waals surface area contributed by atoms with E-state index in [2.05, 4.69) is 23.5 Å². The molecular weight excluding hydrogens is 426 g/mol. The summed E-state index contributed by atoms with van der Waals surface area (Å²) in [5.41, 5.74) is 3.93. The van der Waals surface area contributed by atoms with Gasteiger partial charge in [0.15, 0.2) is 5.82 Å². The number of hydrogen-bond donors (Lipinski definition) is 1. The van der Waals surface area contributed by atoms with E-state index in [9.17, 15) is 4.79 Å². The molecule has 4 rings (SSSR count). The highest BCUT2D eigenvalue weighted by atomic mass is 16.5. The standard InChI is InChI=1S/C28H29N3O3/c1-3-33-25-13-8-6-10-22(25)20-15-17-21(18-16-20)27-30-24-12-7-5-11-23(24)28(31-27)29-19-9-14-26(32)34-4-2/h5-8,10-13,15-18H,3-4,9,14,19H2,1-2H3,(H,29,30,31). The zero-order chi connectivity index (χ0) is 23.8. The van der Waals surface area contributed by atoms with Gasteiger partial charge in [0.2, 0.25) is 0 Å². The van der Waals surface area contributed by atoms with Gasteiger partial charge in [-0.05, 0) is 44.0 Å². The summed E-state index contributed by atoms with van der Waals surface area (Å²) >= 11 is 0. The number of benzene rings is 3. The van der Waals surface area contributed by atoms with Gasteiger partial charge in [0.1, 0.15) is 11.6 Å². The minimum Gasteiger partial charge on any atom is -0.493 e. The zero-order valence-corrected chi connectivity index (χ0v) is 19.6. The fourth-order valence-electron chi connectivity index (χ4n) is 3.80.